The minimum atomic E-state index is -0.398. The van der Waals surface area contributed by atoms with Gasteiger partial charge in [-0.15, -0.1) is 0 Å². The number of ether oxygens (including phenoxy) is 1. The molecule has 0 aromatic heterocycles. The van der Waals surface area contributed by atoms with Crippen LogP contribution in [0.25, 0.3) is 0 Å². The van der Waals surface area contributed by atoms with Crippen LogP contribution in [-0.2, 0) is 4.74 Å². The summed E-state index contributed by atoms with van der Waals surface area (Å²) in [6.07, 6.45) is 0.381. The molecule has 1 unspecified atom stereocenters. The van der Waals surface area contributed by atoms with E-state index in [1.54, 1.807) is 0 Å². The van der Waals surface area contributed by atoms with Gasteiger partial charge in [-0.05, 0) is 25.5 Å². The predicted molar refractivity (Wildman–Crippen MR) is 56.3 cm³/mol. The Hall–Kier alpha value is -1.51. The van der Waals surface area contributed by atoms with Gasteiger partial charge in [0.25, 0.3) is 0 Å². The van der Waals surface area contributed by atoms with Crippen molar-refractivity contribution in [3.63, 3.8) is 0 Å². The topological polar surface area (TPSA) is 38.3 Å². The molecule has 1 atom stereocenters. The first-order chi connectivity index (χ1) is 6.72. The summed E-state index contributed by atoms with van der Waals surface area (Å²) in [4.78, 5) is 11.2. The van der Waals surface area contributed by atoms with Crippen LogP contribution in [0.2, 0.25) is 0 Å². The van der Waals surface area contributed by atoms with Gasteiger partial charge in [0, 0.05) is 5.69 Å². The lowest BCUT2D eigenvalue weighted by Crippen LogP contribution is -2.19. The molecule has 3 nitrogen and oxygen atoms in total. The molecule has 1 amide bonds. The van der Waals surface area contributed by atoms with Crippen LogP contribution in [0.4, 0.5) is 10.5 Å². The Morgan fingerprint density at radius 2 is 2.07 bits per heavy atom. The second kappa shape index (κ2) is 5.27. The average molecular weight is 193 g/mol. The molecule has 1 aromatic rings. The fourth-order valence-electron chi connectivity index (χ4n) is 0.935. The van der Waals surface area contributed by atoms with Crippen molar-refractivity contribution in [2.24, 2.45) is 0 Å². The van der Waals surface area contributed by atoms with Crippen molar-refractivity contribution in [2.45, 2.75) is 26.4 Å². The smallest absolute Gasteiger partial charge is 0.411 e. The van der Waals surface area contributed by atoms with Crippen LogP contribution in [0.5, 0.6) is 0 Å². The van der Waals surface area contributed by atoms with Crippen molar-refractivity contribution in [2.75, 3.05) is 5.32 Å². The number of nitrogens with one attached hydrogen (secondary N) is 1. The molecular weight excluding hydrogens is 178 g/mol. The second-order valence-electron chi connectivity index (χ2n) is 3.12. The first-order valence-electron chi connectivity index (χ1n) is 4.75. The van der Waals surface area contributed by atoms with Crippen molar-refractivity contribution in [3.05, 3.63) is 30.3 Å². The van der Waals surface area contributed by atoms with Gasteiger partial charge in [-0.2, -0.15) is 0 Å². The highest BCUT2D eigenvalue weighted by Gasteiger charge is 2.06. The molecule has 14 heavy (non-hydrogen) atoms. The standard InChI is InChI=1S/C11H15NO2/c1-3-9(2)14-11(13)12-10-7-5-4-6-8-10/h4-9H,3H2,1-2H3,(H,12,13). The summed E-state index contributed by atoms with van der Waals surface area (Å²) < 4.78 is 5.05. The number of carbonyl (C=O) groups excluding carboxylic acids is 1. The first-order valence-corrected chi connectivity index (χ1v) is 4.75. The van der Waals surface area contributed by atoms with Gasteiger partial charge in [-0.3, -0.25) is 5.32 Å². The SMILES string of the molecule is CCC(C)OC(=O)Nc1ccccc1. The predicted octanol–water partition coefficient (Wildman–Crippen LogP) is 3.03. The van der Waals surface area contributed by atoms with E-state index in [1.165, 1.54) is 0 Å². The zero-order chi connectivity index (χ0) is 10.4. The third-order valence-electron chi connectivity index (χ3n) is 1.90. The van der Waals surface area contributed by atoms with E-state index in [4.69, 9.17) is 4.74 Å². The van der Waals surface area contributed by atoms with Crippen LogP contribution in [0.15, 0.2) is 30.3 Å². The highest BCUT2D eigenvalue weighted by atomic mass is 16.6. The van der Waals surface area contributed by atoms with Gasteiger partial charge in [0.15, 0.2) is 0 Å². The number of rotatable bonds is 3. The molecule has 1 N–H and O–H groups in total. The van der Waals surface area contributed by atoms with Crippen LogP contribution in [0, 0.1) is 0 Å². The minimum absolute atomic E-state index is 0.0429. The van der Waals surface area contributed by atoms with Gasteiger partial charge in [0.1, 0.15) is 6.10 Å². The van der Waals surface area contributed by atoms with E-state index < -0.39 is 6.09 Å². The number of hydrogen-bond donors (Lipinski definition) is 1. The first kappa shape index (κ1) is 10.6. The van der Waals surface area contributed by atoms with Crippen LogP contribution < -0.4 is 5.32 Å². The van der Waals surface area contributed by atoms with Crippen molar-refractivity contribution in [1.82, 2.24) is 0 Å². The van der Waals surface area contributed by atoms with Gasteiger partial charge in [0.05, 0.1) is 0 Å². The zero-order valence-electron chi connectivity index (χ0n) is 8.49. The molecule has 0 heterocycles. The highest BCUT2D eigenvalue weighted by molar-refractivity contribution is 5.84. The van der Waals surface area contributed by atoms with Gasteiger partial charge >= 0.3 is 6.09 Å². The highest BCUT2D eigenvalue weighted by Crippen LogP contribution is 2.06. The van der Waals surface area contributed by atoms with E-state index >= 15 is 0 Å². The molecule has 1 aromatic carbocycles. The molecule has 76 valence electrons. The van der Waals surface area contributed by atoms with Gasteiger partial charge in [-0.1, -0.05) is 25.1 Å². The van der Waals surface area contributed by atoms with Crippen LogP contribution in [0.3, 0.4) is 0 Å². The normalized spacial score (nSPS) is 11.9. The van der Waals surface area contributed by atoms with E-state index in [0.29, 0.717) is 0 Å². The second-order valence-corrected chi connectivity index (χ2v) is 3.12. The maximum atomic E-state index is 11.2. The quantitative estimate of drug-likeness (QED) is 0.801. The molecule has 0 aliphatic rings. The Labute approximate surface area is 84.1 Å². The fraction of sp³-hybridized carbons (Fsp3) is 0.364. The number of anilines is 1. The third-order valence-corrected chi connectivity index (χ3v) is 1.90. The van der Waals surface area contributed by atoms with Crippen LogP contribution in [-0.4, -0.2) is 12.2 Å². The van der Waals surface area contributed by atoms with Gasteiger partial charge < -0.3 is 4.74 Å². The molecule has 0 saturated carbocycles. The molecule has 0 bridgehead atoms. The van der Waals surface area contributed by atoms with Crippen molar-refractivity contribution in [3.8, 4) is 0 Å². The summed E-state index contributed by atoms with van der Waals surface area (Å²) >= 11 is 0. The average Bonchev–Trinajstić information content (AvgIpc) is 2.19. The summed E-state index contributed by atoms with van der Waals surface area (Å²) in [6.45, 7) is 3.84. The summed E-state index contributed by atoms with van der Waals surface area (Å²) in [5, 5.41) is 2.65. The summed E-state index contributed by atoms with van der Waals surface area (Å²) in [5.74, 6) is 0. The maximum absolute atomic E-state index is 11.2. The molecule has 0 fully saturated rings. The van der Waals surface area contributed by atoms with Gasteiger partial charge in [-0.25, -0.2) is 4.79 Å². The largest absolute Gasteiger partial charge is 0.446 e. The molecule has 0 saturated heterocycles. The van der Waals surface area contributed by atoms with Crippen molar-refractivity contribution >= 4 is 11.8 Å². The Morgan fingerprint density at radius 1 is 1.43 bits per heavy atom. The summed E-state index contributed by atoms with van der Waals surface area (Å²) in [7, 11) is 0. The Bertz CT molecular complexity index is 285. The number of para-hydroxylation sites is 1. The fourth-order valence-corrected chi connectivity index (χ4v) is 0.935. The number of amides is 1. The molecule has 0 radical (unpaired) electrons. The molecular formula is C11H15NO2. The summed E-state index contributed by atoms with van der Waals surface area (Å²) in [6, 6.07) is 9.25. The number of hydrogen-bond acceptors (Lipinski definition) is 2. The van der Waals surface area contributed by atoms with Crippen molar-refractivity contribution < 1.29 is 9.53 Å². The number of benzene rings is 1. The Morgan fingerprint density at radius 3 is 2.64 bits per heavy atom. The minimum Gasteiger partial charge on any atom is -0.446 e. The maximum Gasteiger partial charge on any atom is 0.411 e. The third kappa shape index (κ3) is 3.47. The van der Waals surface area contributed by atoms with E-state index in [0.717, 1.165) is 12.1 Å². The van der Waals surface area contributed by atoms with Crippen LogP contribution in [0.1, 0.15) is 20.3 Å². The van der Waals surface area contributed by atoms with E-state index in [1.807, 2.05) is 44.2 Å². The monoisotopic (exact) mass is 193 g/mol. The molecule has 0 spiro atoms. The molecule has 3 heteroatoms. The van der Waals surface area contributed by atoms with E-state index in [2.05, 4.69) is 5.32 Å². The molecule has 0 aliphatic heterocycles. The van der Waals surface area contributed by atoms with Gasteiger partial charge in [0.2, 0.25) is 0 Å². The Kier molecular flexibility index (Phi) is 3.98. The summed E-state index contributed by atoms with van der Waals surface area (Å²) in [5.41, 5.74) is 0.751. The lowest BCUT2D eigenvalue weighted by Gasteiger charge is -2.11. The molecule has 0 aliphatic carbocycles. The van der Waals surface area contributed by atoms with E-state index in [-0.39, 0.29) is 6.10 Å². The Balaban J connectivity index is 2.42. The zero-order valence-corrected chi connectivity index (χ0v) is 8.49. The lowest BCUT2D eigenvalue weighted by molar-refractivity contribution is 0.118. The van der Waals surface area contributed by atoms with E-state index in [9.17, 15) is 4.79 Å². The lowest BCUT2D eigenvalue weighted by atomic mass is 10.3. The van der Waals surface area contributed by atoms with Crippen LogP contribution >= 0.6 is 0 Å². The molecule has 1 rings (SSSR count). The van der Waals surface area contributed by atoms with Crippen molar-refractivity contribution in [1.29, 1.82) is 0 Å². The number of carbonyl (C=O) groups is 1.